The molecule has 0 aliphatic heterocycles. The Balaban J connectivity index is 2.53. The highest BCUT2D eigenvalue weighted by Crippen LogP contribution is 2.26. The lowest BCUT2D eigenvalue weighted by Crippen LogP contribution is -2.39. The minimum Gasteiger partial charge on any atom is -0.617 e. The van der Waals surface area contributed by atoms with Crippen LogP contribution < -0.4 is 18.9 Å². The molecule has 0 unspecified atom stereocenters. The summed E-state index contributed by atoms with van der Waals surface area (Å²) in [5.41, 5.74) is 0.906. The molecule has 0 radical (unpaired) electrons. The topological polar surface area (TPSA) is 72.3 Å². The van der Waals surface area contributed by atoms with Crippen molar-refractivity contribution < 1.29 is 18.9 Å². The molecule has 0 atom stereocenters. The number of hydrogen-bond acceptors (Lipinski definition) is 4. The van der Waals surface area contributed by atoms with Gasteiger partial charge in [-0.2, -0.15) is 9.46 Å². The van der Waals surface area contributed by atoms with E-state index in [1.807, 2.05) is 6.92 Å². The average molecular weight is 286 g/mol. The third-order valence-corrected chi connectivity index (χ3v) is 3.32. The number of benzene rings is 2. The zero-order chi connectivity index (χ0) is 15.0. The van der Waals surface area contributed by atoms with Crippen LogP contribution in [0.25, 0.3) is 22.1 Å². The van der Waals surface area contributed by atoms with E-state index in [2.05, 4.69) is 0 Å². The molecule has 1 aromatic heterocycles. The third kappa shape index (κ3) is 1.87. The van der Waals surface area contributed by atoms with E-state index in [1.165, 1.54) is 7.11 Å². The second-order valence-electron chi connectivity index (χ2n) is 4.47. The van der Waals surface area contributed by atoms with Crippen LogP contribution in [-0.4, -0.2) is 13.7 Å². The summed E-state index contributed by atoms with van der Waals surface area (Å²) in [5.74, 6) is 0.745. The quantitative estimate of drug-likeness (QED) is 0.417. The van der Waals surface area contributed by atoms with Crippen LogP contribution in [0.5, 0.6) is 11.5 Å². The molecular formula is C15H14N2O4. The second kappa shape index (κ2) is 4.97. The summed E-state index contributed by atoms with van der Waals surface area (Å²) in [6.07, 6.45) is 0. The number of aromatic nitrogens is 2. The molecule has 0 saturated heterocycles. The predicted octanol–water partition coefficient (Wildman–Crippen LogP) is 1.67. The van der Waals surface area contributed by atoms with Gasteiger partial charge in [-0.1, -0.05) is 12.1 Å². The molecule has 0 saturated carbocycles. The molecule has 0 bridgehead atoms. The monoisotopic (exact) mass is 286 g/mol. The van der Waals surface area contributed by atoms with Crippen LogP contribution in [0, 0.1) is 10.4 Å². The molecule has 0 fully saturated rings. The van der Waals surface area contributed by atoms with Crippen LogP contribution in [0.1, 0.15) is 6.92 Å². The van der Waals surface area contributed by atoms with Crippen LogP contribution in [0.15, 0.2) is 36.4 Å². The number of rotatable bonds is 3. The number of ether oxygens (including phenoxy) is 2. The van der Waals surface area contributed by atoms with Crippen molar-refractivity contribution in [3.63, 3.8) is 0 Å². The molecule has 0 aliphatic carbocycles. The van der Waals surface area contributed by atoms with Crippen molar-refractivity contribution in [2.75, 3.05) is 13.7 Å². The molecular weight excluding hydrogens is 272 g/mol. The Bertz CT molecular complexity index is 833. The number of nitrogens with zero attached hydrogens (tertiary/aromatic N) is 2. The Morgan fingerprint density at radius 1 is 0.905 bits per heavy atom. The van der Waals surface area contributed by atoms with Gasteiger partial charge in [-0.05, 0) is 19.1 Å². The van der Waals surface area contributed by atoms with Crippen molar-refractivity contribution in [2.24, 2.45) is 0 Å². The standard InChI is InChI=1S/C15H14N2O4/c1-3-21-13-9-5-7-11-15(13)17(19)10-6-4-8-12(20-2)14(10)16(11)18/h4-9H,3H2,1-2H3. The normalized spacial score (nSPS) is 11.0. The fourth-order valence-electron chi connectivity index (χ4n) is 2.44. The highest BCUT2D eigenvalue weighted by atomic mass is 16.5. The number of methoxy groups -OCH3 is 1. The van der Waals surface area contributed by atoms with Gasteiger partial charge in [0.2, 0.25) is 0 Å². The number of fused-ring (bicyclic) bond motifs is 2. The van der Waals surface area contributed by atoms with E-state index >= 15 is 0 Å². The molecule has 0 amide bonds. The van der Waals surface area contributed by atoms with Crippen LogP contribution in [-0.2, 0) is 0 Å². The van der Waals surface area contributed by atoms with E-state index in [0.717, 1.165) is 0 Å². The molecule has 0 N–H and O–H groups in total. The van der Waals surface area contributed by atoms with E-state index < -0.39 is 0 Å². The van der Waals surface area contributed by atoms with Gasteiger partial charge < -0.3 is 19.9 Å². The Hall–Kier alpha value is -2.76. The van der Waals surface area contributed by atoms with Crippen molar-refractivity contribution in [1.82, 2.24) is 0 Å². The summed E-state index contributed by atoms with van der Waals surface area (Å²) < 4.78 is 12.1. The van der Waals surface area contributed by atoms with Crippen molar-refractivity contribution in [2.45, 2.75) is 6.92 Å². The van der Waals surface area contributed by atoms with Crippen molar-refractivity contribution in [1.29, 1.82) is 0 Å². The zero-order valence-corrected chi connectivity index (χ0v) is 11.7. The van der Waals surface area contributed by atoms with Gasteiger partial charge in [0.1, 0.15) is 0 Å². The van der Waals surface area contributed by atoms with E-state index in [9.17, 15) is 10.4 Å². The molecule has 1 heterocycles. The second-order valence-corrected chi connectivity index (χ2v) is 4.47. The summed E-state index contributed by atoms with van der Waals surface area (Å²) in [6, 6.07) is 9.85. The lowest BCUT2D eigenvalue weighted by Gasteiger charge is -2.11. The Labute approximate surface area is 120 Å². The predicted molar refractivity (Wildman–Crippen MR) is 77.1 cm³/mol. The highest BCUT2D eigenvalue weighted by molar-refractivity contribution is 5.83. The minimum atomic E-state index is 0.205. The van der Waals surface area contributed by atoms with Gasteiger partial charge in [-0.3, -0.25) is 0 Å². The van der Waals surface area contributed by atoms with Gasteiger partial charge in [0.25, 0.3) is 11.0 Å². The van der Waals surface area contributed by atoms with Crippen LogP contribution in [0.4, 0.5) is 0 Å². The highest BCUT2D eigenvalue weighted by Gasteiger charge is 2.27. The minimum absolute atomic E-state index is 0.205. The van der Waals surface area contributed by atoms with Gasteiger partial charge in [0.15, 0.2) is 11.5 Å². The lowest BCUT2D eigenvalue weighted by molar-refractivity contribution is -0.591. The number of hydrogen-bond donors (Lipinski definition) is 0. The molecule has 6 heteroatoms. The summed E-state index contributed by atoms with van der Waals surface area (Å²) in [6.45, 7) is 2.23. The molecule has 3 aromatic rings. The number of para-hydroxylation sites is 2. The van der Waals surface area contributed by atoms with Crippen molar-refractivity contribution in [3.8, 4) is 11.5 Å². The third-order valence-electron chi connectivity index (χ3n) is 3.32. The summed E-state index contributed by atoms with van der Waals surface area (Å²) in [5, 5.41) is 25.2. The Morgan fingerprint density at radius 2 is 1.43 bits per heavy atom. The van der Waals surface area contributed by atoms with Gasteiger partial charge >= 0.3 is 11.0 Å². The first kappa shape index (κ1) is 13.2. The van der Waals surface area contributed by atoms with E-state index in [1.54, 1.807) is 36.4 Å². The molecule has 0 aliphatic rings. The first-order chi connectivity index (χ1) is 10.2. The maximum atomic E-state index is 12.6. The van der Waals surface area contributed by atoms with Crippen LogP contribution in [0.3, 0.4) is 0 Å². The molecule has 0 spiro atoms. The van der Waals surface area contributed by atoms with Gasteiger partial charge in [-0.15, -0.1) is 0 Å². The first-order valence-corrected chi connectivity index (χ1v) is 6.56. The summed E-state index contributed by atoms with van der Waals surface area (Å²) in [4.78, 5) is 0. The summed E-state index contributed by atoms with van der Waals surface area (Å²) >= 11 is 0. The van der Waals surface area contributed by atoms with Crippen molar-refractivity contribution >= 4 is 22.1 Å². The summed E-state index contributed by atoms with van der Waals surface area (Å²) in [7, 11) is 1.46. The first-order valence-electron chi connectivity index (χ1n) is 6.56. The maximum absolute atomic E-state index is 12.6. The zero-order valence-electron chi connectivity index (χ0n) is 11.7. The Kier molecular flexibility index (Phi) is 3.13. The lowest BCUT2D eigenvalue weighted by atomic mass is 10.2. The van der Waals surface area contributed by atoms with E-state index in [-0.39, 0.29) is 22.1 Å². The van der Waals surface area contributed by atoms with E-state index in [0.29, 0.717) is 27.6 Å². The van der Waals surface area contributed by atoms with Gasteiger partial charge in [0, 0.05) is 12.1 Å². The maximum Gasteiger partial charge on any atom is 0.332 e. The van der Waals surface area contributed by atoms with Crippen molar-refractivity contribution in [3.05, 3.63) is 46.8 Å². The SMILES string of the molecule is CCOc1cccc2c1[n+]([O-])c1cccc(OC)c1[n+]2[O-]. The molecule has 6 nitrogen and oxygen atoms in total. The Morgan fingerprint density at radius 3 is 1.95 bits per heavy atom. The molecule has 21 heavy (non-hydrogen) atoms. The molecule has 108 valence electrons. The van der Waals surface area contributed by atoms with Crippen LogP contribution in [0.2, 0.25) is 0 Å². The fourth-order valence-corrected chi connectivity index (χ4v) is 2.44. The van der Waals surface area contributed by atoms with E-state index in [4.69, 9.17) is 9.47 Å². The molecule has 3 rings (SSSR count). The fraction of sp³-hybridized carbons (Fsp3) is 0.200. The average Bonchev–Trinajstić information content (AvgIpc) is 2.52. The van der Waals surface area contributed by atoms with Crippen LogP contribution >= 0.6 is 0 Å². The molecule has 2 aromatic carbocycles. The van der Waals surface area contributed by atoms with Gasteiger partial charge in [0.05, 0.1) is 13.7 Å². The largest absolute Gasteiger partial charge is 0.617 e. The van der Waals surface area contributed by atoms with Gasteiger partial charge in [-0.25, -0.2) is 0 Å². The smallest absolute Gasteiger partial charge is 0.332 e.